The second-order valence-corrected chi connectivity index (χ2v) is 4.09. The second kappa shape index (κ2) is 8.53. The van der Waals surface area contributed by atoms with Crippen LogP contribution < -0.4 is 5.73 Å². The summed E-state index contributed by atoms with van der Waals surface area (Å²) in [5.74, 6) is 1.14. The molecule has 16 heavy (non-hydrogen) atoms. The molecule has 4 nitrogen and oxygen atoms in total. The molecular weight excluding hydrogens is 204 g/mol. The van der Waals surface area contributed by atoms with Gasteiger partial charge in [-0.15, -0.1) is 0 Å². The Morgan fingerprint density at radius 2 is 2.06 bits per heavy atom. The highest BCUT2D eigenvalue weighted by Crippen LogP contribution is 2.00. The van der Waals surface area contributed by atoms with E-state index in [0.717, 1.165) is 71.0 Å². The zero-order chi connectivity index (χ0) is 11.6. The summed E-state index contributed by atoms with van der Waals surface area (Å²) < 4.78 is 13.5. The van der Waals surface area contributed by atoms with Crippen molar-refractivity contribution in [2.24, 2.45) is 5.73 Å². The van der Waals surface area contributed by atoms with Gasteiger partial charge in [-0.05, 0) is 25.8 Å². The van der Waals surface area contributed by atoms with Gasteiger partial charge in [-0.1, -0.05) is 6.92 Å². The zero-order valence-electron chi connectivity index (χ0n) is 10.4. The maximum absolute atomic E-state index is 5.86. The lowest BCUT2D eigenvalue weighted by Crippen LogP contribution is -2.34. The molecule has 1 rings (SSSR count). The van der Waals surface area contributed by atoms with E-state index in [1.54, 1.807) is 0 Å². The number of nitrogens with zero attached hydrogens (tertiary/aromatic N) is 1. The van der Waals surface area contributed by atoms with Gasteiger partial charge in [0.15, 0.2) is 13.1 Å². The van der Waals surface area contributed by atoms with Gasteiger partial charge >= 0.3 is 5.90 Å². The van der Waals surface area contributed by atoms with Crippen LogP contribution in [0.4, 0.5) is 0 Å². The minimum Gasteiger partial charge on any atom is -0.448 e. The Labute approximate surface area is 98.4 Å². The summed E-state index contributed by atoms with van der Waals surface area (Å²) in [7, 11) is 0. The molecule has 0 aromatic carbocycles. The van der Waals surface area contributed by atoms with Gasteiger partial charge in [-0.25, -0.2) is 0 Å². The van der Waals surface area contributed by atoms with E-state index in [1.165, 1.54) is 0 Å². The Morgan fingerprint density at radius 1 is 1.31 bits per heavy atom. The normalized spacial score (nSPS) is 16.2. The Morgan fingerprint density at radius 3 is 2.69 bits per heavy atom. The quantitative estimate of drug-likeness (QED) is 0.419. The molecule has 0 bridgehead atoms. The molecule has 2 N–H and O–H groups in total. The topological polar surface area (TPSA) is 47.5 Å². The fourth-order valence-corrected chi connectivity index (χ4v) is 1.78. The number of nitrogens with two attached hydrogens (primary N) is 1. The summed E-state index contributed by atoms with van der Waals surface area (Å²) in [6, 6.07) is 0. The highest BCUT2D eigenvalue weighted by molar-refractivity contribution is 5.70. The van der Waals surface area contributed by atoms with E-state index in [2.05, 4.69) is 11.5 Å². The summed E-state index contributed by atoms with van der Waals surface area (Å²) >= 11 is 0. The van der Waals surface area contributed by atoms with Gasteiger partial charge in [0, 0.05) is 0 Å². The van der Waals surface area contributed by atoms with Crippen LogP contribution in [0.1, 0.15) is 32.6 Å². The minimum atomic E-state index is 0.754. The predicted molar refractivity (Wildman–Crippen MR) is 65.0 cm³/mol. The van der Waals surface area contributed by atoms with Crippen molar-refractivity contribution in [1.29, 1.82) is 0 Å². The summed E-state index contributed by atoms with van der Waals surface area (Å²) in [5, 5.41) is 0. The Bertz CT molecular complexity index is 209. The summed E-state index contributed by atoms with van der Waals surface area (Å²) in [4.78, 5) is 0. The molecule has 0 aromatic heterocycles. The van der Waals surface area contributed by atoms with Crippen molar-refractivity contribution in [3.63, 3.8) is 0 Å². The van der Waals surface area contributed by atoms with Crippen LogP contribution in [0.2, 0.25) is 0 Å². The van der Waals surface area contributed by atoms with E-state index in [0.29, 0.717) is 0 Å². The maximum Gasteiger partial charge on any atom is 0.336 e. The standard InChI is InChI=1S/C12H25N2O2/c1-2-5-12(16-9-4-3-6-13)14-7-10-15-11-8-14/h2-11,13H2,1H3/q+1. The van der Waals surface area contributed by atoms with E-state index in [1.807, 2.05) is 0 Å². The van der Waals surface area contributed by atoms with Crippen LogP contribution in [0.25, 0.3) is 0 Å². The van der Waals surface area contributed by atoms with Crippen molar-refractivity contribution >= 4 is 5.90 Å². The fourth-order valence-electron chi connectivity index (χ4n) is 1.78. The van der Waals surface area contributed by atoms with Crippen molar-refractivity contribution in [2.45, 2.75) is 32.6 Å². The number of unbranched alkanes of at least 4 members (excludes halogenated alkanes) is 1. The maximum atomic E-state index is 5.86. The Hall–Kier alpha value is -0.610. The van der Waals surface area contributed by atoms with Gasteiger partial charge in [-0.3, -0.25) is 0 Å². The largest absolute Gasteiger partial charge is 0.448 e. The molecule has 0 saturated carbocycles. The average molecular weight is 229 g/mol. The highest BCUT2D eigenvalue weighted by Gasteiger charge is 2.18. The van der Waals surface area contributed by atoms with Crippen molar-refractivity contribution in [3.05, 3.63) is 0 Å². The smallest absolute Gasteiger partial charge is 0.336 e. The Kier molecular flexibility index (Phi) is 7.17. The van der Waals surface area contributed by atoms with E-state index in [-0.39, 0.29) is 0 Å². The van der Waals surface area contributed by atoms with E-state index >= 15 is 0 Å². The van der Waals surface area contributed by atoms with Crippen molar-refractivity contribution < 1.29 is 14.0 Å². The molecule has 1 aliphatic heterocycles. The zero-order valence-corrected chi connectivity index (χ0v) is 10.4. The first kappa shape index (κ1) is 13.5. The molecule has 0 aromatic rings. The van der Waals surface area contributed by atoms with Crippen LogP contribution >= 0.6 is 0 Å². The molecule has 1 aliphatic rings. The highest BCUT2D eigenvalue weighted by atomic mass is 16.5. The predicted octanol–water partition coefficient (Wildman–Crippen LogP) is 0.983. The van der Waals surface area contributed by atoms with Crippen LogP contribution in [0.5, 0.6) is 0 Å². The molecule has 0 aliphatic carbocycles. The first-order valence-corrected chi connectivity index (χ1v) is 6.40. The lowest BCUT2D eigenvalue weighted by molar-refractivity contribution is -0.558. The van der Waals surface area contributed by atoms with Gasteiger partial charge in [-0.2, -0.15) is 4.58 Å². The van der Waals surface area contributed by atoms with Gasteiger partial charge < -0.3 is 15.2 Å². The van der Waals surface area contributed by atoms with Crippen LogP contribution in [0, 0.1) is 0 Å². The molecule has 0 atom stereocenters. The molecular formula is C12H25N2O2+. The third kappa shape index (κ3) is 4.94. The summed E-state index contributed by atoms with van der Waals surface area (Å²) in [6.07, 6.45) is 4.25. The molecule has 94 valence electrons. The first-order valence-electron chi connectivity index (χ1n) is 6.40. The molecule has 1 fully saturated rings. The lowest BCUT2D eigenvalue weighted by Gasteiger charge is -2.15. The molecule has 4 heteroatoms. The molecule has 0 unspecified atom stereocenters. The van der Waals surface area contributed by atoms with E-state index < -0.39 is 0 Å². The van der Waals surface area contributed by atoms with Crippen LogP contribution in [0.3, 0.4) is 0 Å². The van der Waals surface area contributed by atoms with E-state index in [9.17, 15) is 0 Å². The third-order valence-electron chi connectivity index (χ3n) is 2.69. The molecule has 1 saturated heterocycles. The SMILES string of the molecule is CCCC(OCCCCN)=[N+]1CCOCC1. The van der Waals surface area contributed by atoms with Gasteiger partial charge in [0.2, 0.25) is 0 Å². The van der Waals surface area contributed by atoms with E-state index in [4.69, 9.17) is 15.2 Å². The summed E-state index contributed by atoms with van der Waals surface area (Å²) in [6.45, 7) is 7.30. The average Bonchev–Trinajstić information content (AvgIpc) is 2.34. The van der Waals surface area contributed by atoms with Crippen LogP contribution in [-0.2, 0) is 9.47 Å². The van der Waals surface area contributed by atoms with Crippen molar-refractivity contribution in [1.82, 2.24) is 0 Å². The number of rotatable bonds is 6. The number of hydrogen-bond donors (Lipinski definition) is 1. The molecule has 0 amide bonds. The molecule has 0 spiro atoms. The van der Waals surface area contributed by atoms with Gasteiger partial charge in [0.1, 0.15) is 13.2 Å². The second-order valence-electron chi connectivity index (χ2n) is 4.09. The van der Waals surface area contributed by atoms with Crippen molar-refractivity contribution in [2.75, 3.05) is 39.5 Å². The van der Waals surface area contributed by atoms with Crippen LogP contribution in [0.15, 0.2) is 0 Å². The lowest BCUT2D eigenvalue weighted by atomic mass is 10.3. The summed E-state index contributed by atoms with van der Waals surface area (Å²) in [5.41, 5.74) is 5.46. The number of ether oxygens (including phenoxy) is 2. The number of morpholine rings is 1. The van der Waals surface area contributed by atoms with Crippen LogP contribution in [-0.4, -0.2) is 49.9 Å². The van der Waals surface area contributed by atoms with Gasteiger partial charge in [0.25, 0.3) is 0 Å². The van der Waals surface area contributed by atoms with Gasteiger partial charge in [0.05, 0.1) is 13.0 Å². The van der Waals surface area contributed by atoms with Crippen molar-refractivity contribution in [3.8, 4) is 0 Å². The molecule has 0 radical (unpaired) electrons. The fraction of sp³-hybridized carbons (Fsp3) is 0.917. The first-order chi connectivity index (χ1) is 7.88. The minimum absolute atomic E-state index is 0.754. The third-order valence-corrected chi connectivity index (χ3v) is 2.69. The Balaban J connectivity index is 2.38. The monoisotopic (exact) mass is 229 g/mol. The number of hydrogen-bond acceptors (Lipinski definition) is 3. The molecule has 1 heterocycles.